The molecule has 30 heavy (non-hydrogen) atoms. The van der Waals surface area contributed by atoms with Crippen LogP contribution in [0, 0.1) is 0 Å². The lowest BCUT2D eigenvalue weighted by atomic mass is 9.89. The molecule has 0 aromatic heterocycles. The topological polar surface area (TPSA) is 86.8 Å². The smallest absolute Gasteiger partial charge is 0.244 e. The number of fused-ring (bicyclic) bond motifs is 1. The number of benzene rings is 2. The predicted octanol–water partition coefficient (Wildman–Crippen LogP) is 2.95. The monoisotopic (exact) mass is 467 g/mol. The van der Waals surface area contributed by atoms with Gasteiger partial charge in [-0.05, 0) is 29.8 Å². The Balaban J connectivity index is 1.49. The minimum atomic E-state index is -3.83. The summed E-state index contributed by atoms with van der Waals surface area (Å²) < 4.78 is 27.2. The average Bonchev–Trinajstić information content (AvgIpc) is 2.74. The van der Waals surface area contributed by atoms with E-state index in [-0.39, 0.29) is 59.4 Å². The van der Waals surface area contributed by atoms with E-state index in [1.165, 1.54) is 22.5 Å². The molecule has 0 saturated carbocycles. The van der Waals surface area contributed by atoms with Crippen molar-refractivity contribution in [1.29, 1.82) is 0 Å². The quantitative estimate of drug-likeness (QED) is 0.751. The first-order chi connectivity index (χ1) is 14.3. The number of carbonyl (C=O) groups excluding carboxylic acids is 2. The molecule has 2 aliphatic heterocycles. The third kappa shape index (κ3) is 3.92. The van der Waals surface area contributed by atoms with E-state index < -0.39 is 15.9 Å². The number of nitrogens with zero attached hydrogens (tertiary/aromatic N) is 2. The Bertz CT molecular complexity index is 1110. The van der Waals surface area contributed by atoms with Gasteiger partial charge in [-0.2, -0.15) is 4.31 Å². The highest BCUT2D eigenvalue weighted by molar-refractivity contribution is 7.89. The molecule has 0 radical (unpaired) electrons. The van der Waals surface area contributed by atoms with Crippen LogP contribution in [0.2, 0.25) is 10.0 Å². The lowest BCUT2D eigenvalue weighted by Gasteiger charge is -2.37. The van der Waals surface area contributed by atoms with Crippen LogP contribution in [0.15, 0.2) is 47.4 Å². The number of amides is 2. The summed E-state index contributed by atoms with van der Waals surface area (Å²) in [5.41, 5.74) is 1.42. The van der Waals surface area contributed by atoms with E-state index in [1.54, 1.807) is 17.0 Å². The summed E-state index contributed by atoms with van der Waals surface area (Å²) in [4.78, 5) is 26.7. The second-order valence-electron chi connectivity index (χ2n) is 7.20. The number of para-hydroxylation sites is 1. The second-order valence-corrected chi connectivity index (χ2v) is 9.95. The molecule has 2 heterocycles. The van der Waals surface area contributed by atoms with Gasteiger partial charge in [-0.15, -0.1) is 0 Å². The van der Waals surface area contributed by atoms with Gasteiger partial charge in [-0.1, -0.05) is 41.4 Å². The molecule has 158 valence electrons. The molecular weight excluding hydrogens is 449 g/mol. The molecule has 4 rings (SSSR count). The highest BCUT2D eigenvalue weighted by Crippen LogP contribution is 2.34. The van der Waals surface area contributed by atoms with E-state index in [0.29, 0.717) is 5.69 Å². The van der Waals surface area contributed by atoms with Crippen LogP contribution >= 0.6 is 23.2 Å². The number of piperazine rings is 1. The van der Waals surface area contributed by atoms with Gasteiger partial charge >= 0.3 is 0 Å². The minimum Gasteiger partial charge on any atom is -0.340 e. The summed E-state index contributed by atoms with van der Waals surface area (Å²) in [6.45, 7) is 0.738. The molecule has 1 fully saturated rings. The van der Waals surface area contributed by atoms with Crippen molar-refractivity contribution in [3.05, 3.63) is 58.1 Å². The molecule has 10 heteroatoms. The summed E-state index contributed by atoms with van der Waals surface area (Å²) in [7, 11) is -3.83. The number of nitrogens with one attached hydrogen (secondary N) is 1. The maximum Gasteiger partial charge on any atom is 0.244 e. The summed E-state index contributed by atoms with van der Waals surface area (Å²) in [5.74, 6) is -0.945. The van der Waals surface area contributed by atoms with E-state index in [2.05, 4.69) is 5.32 Å². The number of halogens is 2. The lowest BCUT2D eigenvalue weighted by Crippen LogP contribution is -2.52. The molecule has 2 aromatic carbocycles. The summed E-state index contributed by atoms with van der Waals surface area (Å²) in [6.07, 6.45) is 0.0759. The van der Waals surface area contributed by atoms with Crippen LogP contribution < -0.4 is 5.32 Å². The van der Waals surface area contributed by atoms with Crippen molar-refractivity contribution < 1.29 is 18.0 Å². The fourth-order valence-corrected chi connectivity index (χ4v) is 5.97. The number of hydrogen-bond acceptors (Lipinski definition) is 4. The van der Waals surface area contributed by atoms with E-state index in [4.69, 9.17) is 23.2 Å². The van der Waals surface area contributed by atoms with Crippen LogP contribution in [-0.4, -0.2) is 55.6 Å². The van der Waals surface area contributed by atoms with Crippen LogP contribution in [0.25, 0.3) is 0 Å². The van der Waals surface area contributed by atoms with E-state index in [0.717, 1.165) is 5.56 Å². The molecule has 2 aliphatic rings. The third-order valence-electron chi connectivity index (χ3n) is 5.36. The molecule has 1 atom stereocenters. The van der Waals surface area contributed by atoms with Gasteiger partial charge in [0.1, 0.15) is 4.90 Å². The highest BCUT2D eigenvalue weighted by atomic mass is 35.5. The second kappa shape index (κ2) is 8.19. The summed E-state index contributed by atoms with van der Waals surface area (Å²) >= 11 is 12.0. The van der Waals surface area contributed by atoms with Gasteiger partial charge in [0.2, 0.25) is 21.8 Å². The SMILES string of the molecule is O=C1CC(C(=O)N2CCN(S(=O)(=O)c3cc(Cl)ccc3Cl)CC2)c2ccccc2N1. The first-order valence-electron chi connectivity index (χ1n) is 9.40. The van der Waals surface area contributed by atoms with Gasteiger partial charge < -0.3 is 10.2 Å². The van der Waals surface area contributed by atoms with Crippen molar-refractivity contribution in [3.8, 4) is 0 Å². The molecule has 1 saturated heterocycles. The van der Waals surface area contributed by atoms with E-state index in [9.17, 15) is 18.0 Å². The molecule has 7 nitrogen and oxygen atoms in total. The molecule has 2 aromatic rings. The molecule has 0 bridgehead atoms. The highest BCUT2D eigenvalue weighted by Gasteiger charge is 2.37. The third-order valence-corrected chi connectivity index (χ3v) is 7.97. The van der Waals surface area contributed by atoms with Crippen LogP contribution in [0.1, 0.15) is 17.9 Å². The Morgan fingerprint density at radius 3 is 2.47 bits per heavy atom. The minimum absolute atomic E-state index is 0.0469. The van der Waals surface area contributed by atoms with Crippen molar-refractivity contribution in [1.82, 2.24) is 9.21 Å². The van der Waals surface area contributed by atoms with Crippen molar-refractivity contribution in [2.24, 2.45) is 0 Å². The molecule has 0 aliphatic carbocycles. The van der Waals surface area contributed by atoms with Crippen LogP contribution in [0.3, 0.4) is 0 Å². The largest absolute Gasteiger partial charge is 0.340 e. The first kappa shape index (κ1) is 21.1. The standard InChI is InChI=1S/C20H19Cl2N3O4S/c21-13-5-6-16(22)18(11-13)30(28,29)25-9-7-24(8-10-25)20(27)15-12-19(26)23-17-4-2-1-3-14(15)17/h1-6,11,15H,7-10,12H2,(H,23,26). The Kier molecular flexibility index (Phi) is 5.76. The fraction of sp³-hybridized carbons (Fsp3) is 0.300. The number of rotatable bonds is 3. The van der Waals surface area contributed by atoms with Gasteiger partial charge in [0, 0.05) is 43.3 Å². The van der Waals surface area contributed by atoms with Gasteiger partial charge in [-0.3, -0.25) is 9.59 Å². The fourth-order valence-electron chi connectivity index (χ4n) is 3.81. The average molecular weight is 468 g/mol. The van der Waals surface area contributed by atoms with E-state index >= 15 is 0 Å². The number of sulfonamides is 1. The zero-order valence-electron chi connectivity index (χ0n) is 15.8. The van der Waals surface area contributed by atoms with Crippen molar-refractivity contribution >= 4 is 50.7 Å². The maximum absolute atomic E-state index is 13.1. The van der Waals surface area contributed by atoms with Crippen LogP contribution in [0.5, 0.6) is 0 Å². The van der Waals surface area contributed by atoms with Gasteiger partial charge in [0.05, 0.1) is 10.9 Å². The van der Waals surface area contributed by atoms with Gasteiger partial charge in [-0.25, -0.2) is 8.42 Å². The predicted molar refractivity (Wildman–Crippen MR) is 114 cm³/mol. The molecule has 1 N–H and O–H groups in total. The summed E-state index contributed by atoms with van der Waals surface area (Å²) in [6, 6.07) is 11.5. The first-order valence-corrected chi connectivity index (χ1v) is 11.6. The molecule has 1 unspecified atom stereocenters. The molecule has 2 amide bonds. The zero-order chi connectivity index (χ0) is 21.5. The maximum atomic E-state index is 13.1. The molecular formula is C20H19Cl2N3O4S. The molecule has 0 spiro atoms. The van der Waals surface area contributed by atoms with Crippen LogP contribution in [-0.2, 0) is 19.6 Å². The van der Waals surface area contributed by atoms with Crippen molar-refractivity contribution in [2.75, 3.05) is 31.5 Å². The van der Waals surface area contributed by atoms with Crippen molar-refractivity contribution in [2.45, 2.75) is 17.2 Å². The van der Waals surface area contributed by atoms with Crippen molar-refractivity contribution in [3.63, 3.8) is 0 Å². The number of carbonyl (C=O) groups is 2. The van der Waals surface area contributed by atoms with Crippen LogP contribution in [0.4, 0.5) is 5.69 Å². The zero-order valence-corrected chi connectivity index (χ0v) is 18.2. The Hall–Kier alpha value is -2.13. The van der Waals surface area contributed by atoms with E-state index in [1.807, 2.05) is 12.1 Å². The van der Waals surface area contributed by atoms with Gasteiger partial charge in [0.25, 0.3) is 0 Å². The number of anilines is 1. The Morgan fingerprint density at radius 2 is 1.73 bits per heavy atom. The normalized spacial score (nSPS) is 19.9. The Morgan fingerprint density at radius 1 is 1.03 bits per heavy atom. The Labute approximate surface area is 184 Å². The van der Waals surface area contributed by atoms with Gasteiger partial charge in [0.15, 0.2) is 0 Å². The number of hydrogen-bond donors (Lipinski definition) is 1. The lowest BCUT2D eigenvalue weighted by molar-refractivity contribution is -0.136. The summed E-state index contributed by atoms with van der Waals surface area (Å²) in [5, 5.41) is 3.16.